The molecule has 0 radical (unpaired) electrons. The minimum Gasteiger partial charge on any atom is -0.483 e. The molecule has 5 nitrogen and oxygen atoms in total. The van der Waals surface area contributed by atoms with E-state index < -0.39 is 0 Å². The third kappa shape index (κ3) is 2.28. The highest BCUT2D eigenvalue weighted by Crippen LogP contribution is 2.44. The molecule has 2 aliphatic rings. The molecular formula is C19H28N4O. The van der Waals surface area contributed by atoms with Crippen molar-refractivity contribution in [3.05, 3.63) is 18.0 Å². The van der Waals surface area contributed by atoms with Crippen LogP contribution < -0.4 is 9.64 Å². The summed E-state index contributed by atoms with van der Waals surface area (Å²) in [7, 11) is 0. The van der Waals surface area contributed by atoms with Gasteiger partial charge in [0.2, 0.25) is 0 Å². The number of hydrogen-bond acceptors (Lipinski definition) is 4. The smallest absolute Gasteiger partial charge is 0.180 e. The number of nitrogens with zero attached hydrogens (tertiary/aromatic N) is 4. The highest BCUT2D eigenvalue weighted by Gasteiger charge is 2.44. The van der Waals surface area contributed by atoms with Gasteiger partial charge in [-0.3, -0.25) is 0 Å². The fourth-order valence-electron chi connectivity index (χ4n) is 4.15. The van der Waals surface area contributed by atoms with Crippen molar-refractivity contribution in [1.82, 2.24) is 14.6 Å². The molecule has 0 spiro atoms. The van der Waals surface area contributed by atoms with Crippen molar-refractivity contribution in [2.75, 3.05) is 4.90 Å². The first kappa shape index (κ1) is 15.7. The summed E-state index contributed by atoms with van der Waals surface area (Å²) in [5.41, 5.74) is 2.14. The van der Waals surface area contributed by atoms with Crippen LogP contribution >= 0.6 is 0 Å². The summed E-state index contributed by atoms with van der Waals surface area (Å²) in [5.74, 6) is 1.84. The number of hydrogen-bond donors (Lipinski definition) is 0. The lowest BCUT2D eigenvalue weighted by molar-refractivity contribution is 0.156. The van der Waals surface area contributed by atoms with E-state index in [1.54, 1.807) is 0 Å². The van der Waals surface area contributed by atoms with E-state index in [0.717, 1.165) is 23.6 Å². The maximum atomic E-state index is 6.32. The predicted molar refractivity (Wildman–Crippen MR) is 96.0 cm³/mol. The van der Waals surface area contributed by atoms with Crippen LogP contribution in [0.25, 0.3) is 5.65 Å². The highest BCUT2D eigenvalue weighted by atomic mass is 16.5. The molecule has 0 aromatic carbocycles. The Hall–Kier alpha value is -1.78. The van der Waals surface area contributed by atoms with E-state index >= 15 is 0 Å². The molecule has 0 unspecified atom stereocenters. The molecule has 2 aromatic heterocycles. The second-order valence-electron chi connectivity index (χ2n) is 9.20. The van der Waals surface area contributed by atoms with Crippen LogP contribution in [0.2, 0.25) is 0 Å². The fraction of sp³-hybridized carbons (Fsp3) is 0.684. The molecule has 0 amide bonds. The first-order valence-corrected chi connectivity index (χ1v) is 9.01. The first-order valence-electron chi connectivity index (χ1n) is 9.01. The SMILES string of the molecule is CC(C)(C)c1cnn2cc3c(nc12)N(C(C)(C)C)[C@@H]1CCC[C@@H]1O3. The number of fused-ring (bicyclic) bond motifs is 3. The fourth-order valence-corrected chi connectivity index (χ4v) is 4.15. The predicted octanol–water partition coefficient (Wildman–Crippen LogP) is 3.95. The minimum absolute atomic E-state index is 0.0129. The second kappa shape index (κ2) is 4.87. The van der Waals surface area contributed by atoms with Gasteiger partial charge in [0.05, 0.1) is 18.4 Å². The zero-order valence-corrected chi connectivity index (χ0v) is 15.6. The quantitative estimate of drug-likeness (QED) is 0.734. The van der Waals surface area contributed by atoms with Gasteiger partial charge in [0.1, 0.15) is 6.10 Å². The van der Waals surface area contributed by atoms with E-state index in [4.69, 9.17) is 9.72 Å². The van der Waals surface area contributed by atoms with E-state index in [-0.39, 0.29) is 17.1 Å². The lowest BCUT2D eigenvalue weighted by atomic mass is 9.89. The van der Waals surface area contributed by atoms with E-state index in [1.165, 1.54) is 18.4 Å². The molecule has 4 rings (SSSR count). The van der Waals surface area contributed by atoms with Gasteiger partial charge in [-0.1, -0.05) is 20.8 Å². The average Bonchev–Trinajstić information content (AvgIpc) is 3.05. The van der Waals surface area contributed by atoms with Gasteiger partial charge in [0, 0.05) is 11.1 Å². The monoisotopic (exact) mass is 328 g/mol. The third-order valence-corrected chi connectivity index (χ3v) is 5.23. The van der Waals surface area contributed by atoms with Gasteiger partial charge in [-0.15, -0.1) is 0 Å². The molecule has 1 aliphatic heterocycles. The number of ether oxygens (including phenoxy) is 1. The van der Waals surface area contributed by atoms with Crippen LogP contribution in [0, 0.1) is 0 Å². The van der Waals surface area contributed by atoms with Crippen LogP contribution in [-0.2, 0) is 5.41 Å². The summed E-state index contributed by atoms with van der Waals surface area (Å²) in [5, 5.41) is 4.52. The van der Waals surface area contributed by atoms with Crippen LogP contribution in [-0.4, -0.2) is 32.3 Å². The normalized spacial score (nSPS) is 24.0. The van der Waals surface area contributed by atoms with Gasteiger partial charge in [0.25, 0.3) is 0 Å². The molecule has 3 heterocycles. The summed E-state index contributed by atoms with van der Waals surface area (Å²) < 4.78 is 8.19. The van der Waals surface area contributed by atoms with Crippen molar-refractivity contribution in [3.8, 4) is 5.75 Å². The zero-order chi connectivity index (χ0) is 17.3. The molecule has 24 heavy (non-hydrogen) atoms. The van der Waals surface area contributed by atoms with Crippen LogP contribution in [0.1, 0.15) is 66.4 Å². The van der Waals surface area contributed by atoms with Gasteiger partial charge in [0.15, 0.2) is 17.2 Å². The van der Waals surface area contributed by atoms with E-state index in [0.29, 0.717) is 6.04 Å². The van der Waals surface area contributed by atoms with Crippen molar-refractivity contribution in [2.45, 2.75) is 83.9 Å². The molecule has 0 bridgehead atoms. The standard InChI is InChI=1S/C19H28N4O/c1-18(2,3)12-10-20-22-11-15-17(21-16(12)22)23(19(4,5)6)13-8-7-9-14(13)24-15/h10-11,13-14H,7-9H2,1-6H3/t13-,14+/m1/s1. The van der Waals surface area contributed by atoms with Crippen molar-refractivity contribution in [2.24, 2.45) is 0 Å². The Kier molecular flexibility index (Phi) is 3.19. The highest BCUT2D eigenvalue weighted by molar-refractivity contribution is 5.63. The Morgan fingerprint density at radius 3 is 2.54 bits per heavy atom. The first-order chi connectivity index (χ1) is 11.2. The topological polar surface area (TPSA) is 42.7 Å². The molecule has 5 heteroatoms. The molecule has 2 aromatic rings. The molecule has 2 atom stereocenters. The maximum absolute atomic E-state index is 6.32. The summed E-state index contributed by atoms with van der Waals surface area (Å²) in [6, 6.07) is 0.424. The Balaban J connectivity index is 1.93. The summed E-state index contributed by atoms with van der Waals surface area (Å²) >= 11 is 0. The van der Waals surface area contributed by atoms with Gasteiger partial charge < -0.3 is 9.64 Å². The van der Waals surface area contributed by atoms with Crippen molar-refractivity contribution in [3.63, 3.8) is 0 Å². The number of rotatable bonds is 0. The number of anilines is 1. The molecule has 130 valence electrons. The second-order valence-corrected chi connectivity index (χ2v) is 9.20. The van der Waals surface area contributed by atoms with Gasteiger partial charge in [-0.05, 0) is 45.4 Å². The van der Waals surface area contributed by atoms with Crippen LogP contribution in [0.5, 0.6) is 5.75 Å². The molecule has 1 aliphatic carbocycles. The zero-order valence-electron chi connectivity index (χ0n) is 15.6. The van der Waals surface area contributed by atoms with Crippen LogP contribution in [0.15, 0.2) is 12.4 Å². The molecular weight excluding hydrogens is 300 g/mol. The molecule has 1 saturated carbocycles. The minimum atomic E-state index is 0.0129. The average molecular weight is 328 g/mol. The maximum Gasteiger partial charge on any atom is 0.180 e. The van der Waals surface area contributed by atoms with Crippen molar-refractivity contribution >= 4 is 11.5 Å². The van der Waals surface area contributed by atoms with Crippen LogP contribution in [0.4, 0.5) is 5.82 Å². The lowest BCUT2D eigenvalue weighted by Crippen LogP contribution is -2.55. The number of aromatic nitrogens is 3. The Morgan fingerprint density at radius 2 is 1.88 bits per heavy atom. The van der Waals surface area contributed by atoms with E-state index in [9.17, 15) is 0 Å². The van der Waals surface area contributed by atoms with E-state index in [1.807, 2.05) is 16.9 Å². The summed E-state index contributed by atoms with van der Waals surface area (Å²) in [6.07, 6.45) is 7.76. The van der Waals surface area contributed by atoms with Gasteiger partial charge >= 0.3 is 0 Å². The third-order valence-electron chi connectivity index (χ3n) is 5.23. The lowest BCUT2D eigenvalue weighted by Gasteiger charge is -2.47. The molecule has 0 saturated heterocycles. The van der Waals surface area contributed by atoms with Crippen molar-refractivity contribution < 1.29 is 4.74 Å². The Bertz CT molecular complexity index is 781. The Morgan fingerprint density at radius 1 is 1.12 bits per heavy atom. The van der Waals surface area contributed by atoms with Crippen LogP contribution in [0.3, 0.4) is 0 Å². The molecule has 0 N–H and O–H groups in total. The van der Waals surface area contributed by atoms with Gasteiger partial charge in [-0.25, -0.2) is 9.50 Å². The van der Waals surface area contributed by atoms with Crippen molar-refractivity contribution in [1.29, 1.82) is 0 Å². The molecule has 1 fully saturated rings. The summed E-state index contributed by atoms with van der Waals surface area (Å²) in [6.45, 7) is 13.4. The largest absolute Gasteiger partial charge is 0.483 e. The Labute approximate surface area is 144 Å². The summed E-state index contributed by atoms with van der Waals surface area (Å²) in [4.78, 5) is 7.54. The van der Waals surface area contributed by atoms with E-state index in [2.05, 4.69) is 51.5 Å². The van der Waals surface area contributed by atoms with Gasteiger partial charge in [-0.2, -0.15) is 5.10 Å².